The number of hydrogen-bond acceptors (Lipinski definition) is 4. The number of ether oxygens (including phenoxy) is 2. The van der Waals surface area contributed by atoms with E-state index in [1.165, 1.54) is 15.3 Å². The van der Waals surface area contributed by atoms with Gasteiger partial charge in [0.15, 0.2) is 0 Å². The Morgan fingerprint density at radius 1 is 1.56 bits per heavy atom. The molecule has 1 N–H and O–H groups in total. The van der Waals surface area contributed by atoms with Crippen LogP contribution in [0.4, 0.5) is 0 Å². The molecule has 102 valence electrons. The summed E-state index contributed by atoms with van der Waals surface area (Å²) in [4.78, 5) is 2.78. The Bertz CT molecular complexity index is 359. The first-order valence-electron chi connectivity index (χ1n) is 6.74. The van der Waals surface area contributed by atoms with E-state index in [1.807, 2.05) is 11.3 Å². The molecule has 1 unspecified atom stereocenters. The molecule has 1 aliphatic heterocycles. The molecule has 4 heteroatoms. The van der Waals surface area contributed by atoms with Gasteiger partial charge in [-0.05, 0) is 31.5 Å². The normalized spacial score (nSPS) is 19.6. The Morgan fingerprint density at radius 2 is 2.44 bits per heavy atom. The van der Waals surface area contributed by atoms with Crippen molar-refractivity contribution in [3.63, 3.8) is 0 Å². The molecule has 1 aromatic rings. The number of thiophene rings is 1. The average Bonchev–Trinajstić information content (AvgIpc) is 2.98. The van der Waals surface area contributed by atoms with Gasteiger partial charge in [-0.25, -0.2) is 0 Å². The van der Waals surface area contributed by atoms with Gasteiger partial charge in [0.1, 0.15) is 0 Å². The Morgan fingerprint density at radius 3 is 3.17 bits per heavy atom. The second-order valence-corrected chi connectivity index (χ2v) is 6.16. The molecule has 0 bridgehead atoms. The lowest BCUT2D eigenvalue weighted by molar-refractivity contribution is 0.0791. The summed E-state index contributed by atoms with van der Waals surface area (Å²) >= 11 is 1.87. The van der Waals surface area contributed by atoms with Gasteiger partial charge in [0, 0.05) is 28.8 Å². The highest BCUT2D eigenvalue weighted by Gasteiger charge is 2.15. The molecule has 0 saturated carbocycles. The van der Waals surface area contributed by atoms with Crippen molar-refractivity contribution < 1.29 is 9.47 Å². The van der Waals surface area contributed by atoms with Gasteiger partial charge < -0.3 is 14.8 Å². The van der Waals surface area contributed by atoms with Crippen molar-refractivity contribution in [2.24, 2.45) is 5.92 Å². The van der Waals surface area contributed by atoms with Crippen molar-refractivity contribution in [1.82, 2.24) is 5.32 Å². The predicted molar refractivity (Wildman–Crippen MR) is 75.0 cm³/mol. The fraction of sp³-hybridized carbons (Fsp3) is 0.714. The van der Waals surface area contributed by atoms with E-state index in [9.17, 15) is 0 Å². The van der Waals surface area contributed by atoms with E-state index in [2.05, 4.69) is 25.2 Å². The minimum absolute atomic E-state index is 0.602. The largest absolute Gasteiger partial charge is 0.381 e. The highest BCUT2D eigenvalue weighted by molar-refractivity contribution is 7.12. The Labute approximate surface area is 113 Å². The van der Waals surface area contributed by atoms with Gasteiger partial charge in [-0.2, -0.15) is 0 Å². The van der Waals surface area contributed by atoms with Crippen LogP contribution in [0.3, 0.4) is 0 Å². The van der Waals surface area contributed by atoms with Crippen LogP contribution in [0.2, 0.25) is 0 Å². The zero-order valence-corrected chi connectivity index (χ0v) is 12.1. The summed E-state index contributed by atoms with van der Waals surface area (Å²) in [5, 5.41) is 3.36. The van der Waals surface area contributed by atoms with E-state index in [0.717, 1.165) is 45.9 Å². The van der Waals surface area contributed by atoms with E-state index < -0.39 is 0 Å². The fourth-order valence-corrected chi connectivity index (χ4v) is 3.13. The van der Waals surface area contributed by atoms with Crippen LogP contribution >= 0.6 is 11.3 Å². The molecule has 1 saturated heterocycles. The van der Waals surface area contributed by atoms with E-state index >= 15 is 0 Å². The molecular weight excluding hydrogens is 246 g/mol. The lowest BCUT2D eigenvalue weighted by atomic mass is 10.1. The number of rotatable bonds is 7. The quantitative estimate of drug-likeness (QED) is 0.825. The van der Waals surface area contributed by atoms with Gasteiger partial charge in [-0.1, -0.05) is 6.92 Å². The summed E-state index contributed by atoms with van der Waals surface area (Å²) in [7, 11) is 0. The highest BCUT2D eigenvalue weighted by Crippen LogP contribution is 2.23. The van der Waals surface area contributed by atoms with Crippen LogP contribution in [0, 0.1) is 12.8 Å². The number of hydrogen-bond donors (Lipinski definition) is 1. The Kier molecular flexibility index (Phi) is 5.63. The third-order valence-electron chi connectivity index (χ3n) is 3.26. The van der Waals surface area contributed by atoms with Crippen LogP contribution in [0.5, 0.6) is 0 Å². The van der Waals surface area contributed by atoms with Gasteiger partial charge in [-0.15, -0.1) is 11.3 Å². The molecule has 0 amide bonds. The summed E-state index contributed by atoms with van der Waals surface area (Å²) in [6.45, 7) is 9.64. The monoisotopic (exact) mass is 269 g/mol. The van der Waals surface area contributed by atoms with Gasteiger partial charge in [0.2, 0.25) is 0 Å². The molecule has 2 heterocycles. The number of nitrogens with one attached hydrogen (secondary N) is 1. The first-order valence-corrected chi connectivity index (χ1v) is 7.55. The smallest absolute Gasteiger partial charge is 0.0727 e. The summed E-state index contributed by atoms with van der Waals surface area (Å²) in [5.41, 5.74) is 1.34. The van der Waals surface area contributed by atoms with Crippen molar-refractivity contribution in [3.05, 3.63) is 21.4 Å². The van der Waals surface area contributed by atoms with Crippen LogP contribution < -0.4 is 5.32 Å². The second kappa shape index (κ2) is 7.24. The maximum absolute atomic E-state index is 5.81. The van der Waals surface area contributed by atoms with Crippen molar-refractivity contribution in [3.8, 4) is 0 Å². The van der Waals surface area contributed by atoms with Crippen LogP contribution in [0.15, 0.2) is 6.07 Å². The minimum atomic E-state index is 0.602. The maximum atomic E-state index is 5.81. The van der Waals surface area contributed by atoms with Gasteiger partial charge in [0.05, 0.1) is 19.8 Å². The average molecular weight is 269 g/mol. The van der Waals surface area contributed by atoms with Gasteiger partial charge >= 0.3 is 0 Å². The van der Waals surface area contributed by atoms with Crippen LogP contribution in [0.25, 0.3) is 0 Å². The van der Waals surface area contributed by atoms with Crippen molar-refractivity contribution in [1.29, 1.82) is 0 Å². The SMILES string of the molecule is CCNCc1cc(COCC2CCOC2)c(C)s1. The van der Waals surface area contributed by atoms with Crippen LogP contribution in [0.1, 0.15) is 28.7 Å². The standard InChI is InChI=1S/C14H23NO2S/c1-3-15-7-14-6-13(11(2)18-14)10-17-9-12-4-5-16-8-12/h6,12,15H,3-5,7-10H2,1-2H3. The molecule has 1 aliphatic rings. The Balaban J connectivity index is 1.75. The third kappa shape index (κ3) is 4.05. The highest BCUT2D eigenvalue weighted by atomic mass is 32.1. The Hall–Kier alpha value is -0.420. The molecule has 0 aromatic carbocycles. The molecule has 0 spiro atoms. The zero-order chi connectivity index (χ0) is 12.8. The molecule has 0 aliphatic carbocycles. The third-order valence-corrected chi connectivity index (χ3v) is 4.35. The van der Waals surface area contributed by atoms with Crippen molar-refractivity contribution in [2.45, 2.75) is 33.4 Å². The molecule has 1 aromatic heterocycles. The van der Waals surface area contributed by atoms with E-state index in [0.29, 0.717) is 5.92 Å². The van der Waals surface area contributed by atoms with E-state index in [4.69, 9.17) is 9.47 Å². The van der Waals surface area contributed by atoms with E-state index in [-0.39, 0.29) is 0 Å². The van der Waals surface area contributed by atoms with Crippen LogP contribution in [-0.4, -0.2) is 26.4 Å². The molecule has 2 rings (SSSR count). The predicted octanol–water partition coefficient (Wildman–Crippen LogP) is 2.72. The lowest BCUT2D eigenvalue weighted by Gasteiger charge is -2.08. The molecule has 18 heavy (non-hydrogen) atoms. The van der Waals surface area contributed by atoms with E-state index in [1.54, 1.807) is 0 Å². The summed E-state index contributed by atoms with van der Waals surface area (Å²) in [6, 6.07) is 2.27. The second-order valence-electron chi connectivity index (χ2n) is 4.82. The first kappa shape index (κ1) is 14.0. The fourth-order valence-electron chi connectivity index (χ4n) is 2.12. The minimum Gasteiger partial charge on any atom is -0.381 e. The van der Waals surface area contributed by atoms with Crippen LogP contribution in [-0.2, 0) is 22.6 Å². The summed E-state index contributed by atoms with van der Waals surface area (Å²) < 4.78 is 11.2. The maximum Gasteiger partial charge on any atom is 0.0727 e. The molecule has 3 nitrogen and oxygen atoms in total. The summed E-state index contributed by atoms with van der Waals surface area (Å²) in [6.07, 6.45) is 1.15. The number of aryl methyl sites for hydroxylation is 1. The topological polar surface area (TPSA) is 30.5 Å². The zero-order valence-electron chi connectivity index (χ0n) is 11.3. The molecule has 0 radical (unpaired) electrons. The van der Waals surface area contributed by atoms with Gasteiger partial charge in [-0.3, -0.25) is 0 Å². The lowest BCUT2D eigenvalue weighted by Crippen LogP contribution is -2.10. The van der Waals surface area contributed by atoms with Gasteiger partial charge in [0.25, 0.3) is 0 Å². The summed E-state index contributed by atoms with van der Waals surface area (Å²) in [5.74, 6) is 0.602. The molecular formula is C14H23NO2S. The molecule has 1 atom stereocenters. The molecule has 1 fully saturated rings. The van der Waals surface area contributed by atoms with Crippen molar-refractivity contribution >= 4 is 11.3 Å². The first-order chi connectivity index (χ1) is 8.79. The van der Waals surface area contributed by atoms with Crippen molar-refractivity contribution in [2.75, 3.05) is 26.4 Å².